The molecule has 0 aliphatic carbocycles. The van der Waals surface area contributed by atoms with Crippen LogP contribution in [-0.4, -0.2) is 10.6 Å². The van der Waals surface area contributed by atoms with E-state index in [1.54, 1.807) is 6.08 Å². The van der Waals surface area contributed by atoms with Crippen molar-refractivity contribution < 1.29 is 18.5 Å². The quantitative estimate of drug-likeness (QED) is 0.587. The minimum atomic E-state index is -1.02. The SMILES string of the molecule is CCCC=CC(OC(=O)Cl)c1noc(=O)o1. The van der Waals surface area contributed by atoms with Gasteiger partial charge in [0.2, 0.25) is 6.10 Å². The maximum absolute atomic E-state index is 10.6. The highest BCUT2D eigenvalue weighted by atomic mass is 35.5. The van der Waals surface area contributed by atoms with Crippen LogP contribution in [0.1, 0.15) is 31.8 Å². The summed E-state index contributed by atoms with van der Waals surface area (Å²) >= 11 is 5.07. The molecule has 1 unspecified atom stereocenters. The topological polar surface area (TPSA) is 82.5 Å². The van der Waals surface area contributed by atoms with Gasteiger partial charge >= 0.3 is 11.3 Å². The van der Waals surface area contributed by atoms with E-state index in [0.717, 1.165) is 12.8 Å². The molecule has 0 bridgehead atoms. The summed E-state index contributed by atoms with van der Waals surface area (Å²) in [6.07, 6.45) is 4.06. The van der Waals surface area contributed by atoms with Gasteiger partial charge in [-0.25, -0.2) is 9.59 Å². The molecule has 1 aromatic heterocycles. The lowest BCUT2D eigenvalue weighted by Crippen LogP contribution is -2.04. The zero-order valence-corrected chi connectivity index (χ0v) is 9.27. The number of rotatable bonds is 5. The molecule has 0 radical (unpaired) electrons. The number of carbonyl (C=O) groups is 1. The van der Waals surface area contributed by atoms with E-state index in [2.05, 4.69) is 18.8 Å². The summed E-state index contributed by atoms with van der Waals surface area (Å²) < 4.78 is 13.4. The van der Waals surface area contributed by atoms with Crippen LogP contribution in [0.25, 0.3) is 0 Å². The summed E-state index contributed by atoms with van der Waals surface area (Å²) in [5.41, 5.74) is -1.02. The summed E-state index contributed by atoms with van der Waals surface area (Å²) in [5.74, 6) is -1.11. The van der Waals surface area contributed by atoms with Gasteiger partial charge in [-0.3, -0.25) is 4.52 Å². The minimum absolute atomic E-state index is 0.147. The Kier molecular flexibility index (Phi) is 4.78. The van der Waals surface area contributed by atoms with Crippen LogP contribution >= 0.6 is 11.6 Å². The fraction of sp³-hybridized carbons (Fsp3) is 0.444. The molecule has 0 saturated carbocycles. The summed E-state index contributed by atoms with van der Waals surface area (Å²) in [7, 11) is 0. The fourth-order valence-electron chi connectivity index (χ4n) is 0.973. The first-order chi connectivity index (χ1) is 7.63. The molecule has 0 spiro atoms. The second-order valence-electron chi connectivity index (χ2n) is 2.87. The normalized spacial score (nSPS) is 12.9. The van der Waals surface area contributed by atoms with Crippen LogP contribution in [0, 0.1) is 0 Å². The second kappa shape index (κ2) is 6.12. The van der Waals surface area contributed by atoms with Crippen molar-refractivity contribution >= 4 is 17.0 Å². The Morgan fingerprint density at radius 1 is 1.69 bits per heavy atom. The van der Waals surface area contributed by atoms with Gasteiger partial charge in [-0.15, -0.1) is 0 Å². The highest BCUT2D eigenvalue weighted by Crippen LogP contribution is 2.17. The third-order valence-corrected chi connectivity index (χ3v) is 1.72. The standard InChI is InChI=1S/C9H10ClNO5/c1-2-3-4-5-6(14-8(10)12)7-11-16-9(13)15-7/h4-6H,2-3H2,1H3. The van der Waals surface area contributed by atoms with E-state index >= 15 is 0 Å². The Hall–Kier alpha value is -1.56. The maximum atomic E-state index is 10.6. The third kappa shape index (κ3) is 3.90. The van der Waals surface area contributed by atoms with Crippen LogP contribution in [-0.2, 0) is 4.74 Å². The fourth-order valence-corrected chi connectivity index (χ4v) is 1.07. The Morgan fingerprint density at radius 2 is 2.44 bits per heavy atom. The molecule has 1 aromatic rings. The van der Waals surface area contributed by atoms with E-state index < -0.39 is 17.4 Å². The molecule has 0 fully saturated rings. The summed E-state index contributed by atoms with van der Waals surface area (Å²) in [6, 6.07) is 0. The van der Waals surface area contributed by atoms with Crippen LogP contribution < -0.4 is 5.82 Å². The van der Waals surface area contributed by atoms with Crippen LogP contribution in [0.2, 0.25) is 0 Å². The predicted molar refractivity (Wildman–Crippen MR) is 54.2 cm³/mol. The summed E-state index contributed by atoms with van der Waals surface area (Å²) in [5, 5.41) is 3.31. The maximum Gasteiger partial charge on any atom is 0.542 e. The number of hydrogen-bond acceptors (Lipinski definition) is 6. The monoisotopic (exact) mass is 247 g/mol. The van der Waals surface area contributed by atoms with Crippen molar-refractivity contribution in [2.75, 3.05) is 0 Å². The van der Waals surface area contributed by atoms with Crippen molar-refractivity contribution in [3.8, 4) is 0 Å². The van der Waals surface area contributed by atoms with Gasteiger partial charge in [0.25, 0.3) is 5.89 Å². The Labute approximate surface area is 95.8 Å². The first-order valence-corrected chi connectivity index (χ1v) is 5.00. The molecule has 0 saturated heterocycles. The molecule has 0 aliphatic rings. The predicted octanol–water partition coefficient (Wildman–Crippen LogP) is 2.40. The van der Waals surface area contributed by atoms with Crippen molar-refractivity contribution in [3.63, 3.8) is 0 Å². The van der Waals surface area contributed by atoms with Gasteiger partial charge in [-0.1, -0.05) is 19.4 Å². The van der Waals surface area contributed by atoms with E-state index in [0.29, 0.717) is 0 Å². The van der Waals surface area contributed by atoms with Crippen molar-refractivity contribution in [2.45, 2.75) is 25.9 Å². The van der Waals surface area contributed by atoms with Crippen molar-refractivity contribution in [3.05, 3.63) is 28.7 Å². The van der Waals surface area contributed by atoms with Gasteiger partial charge in [-0.2, -0.15) is 0 Å². The molecule has 0 aromatic carbocycles. The molecule has 16 heavy (non-hydrogen) atoms. The molecular formula is C9H10ClNO5. The molecular weight excluding hydrogens is 238 g/mol. The van der Waals surface area contributed by atoms with Gasteiger partial charge in [-0.05, 0) is 17.7 Å². The number of allylic oxidation sites excluding steroid dienone is 1. The van der Waals surface area contributed by atoms with E-state index in [-0.39, 0.29) is 5.89 Å². The van der Waals surface area contributed by atoms with Gasteiger partial charge in [0, 0.05) is 11.6 Å². The van der Waals surface area contributed by atoms with Crippen LogP contribution in [0.4, 0.5) is 4.79 Å². The Balaban J connectivity index is 2.78. The molecule has 0 amide bonds. The molecule has 1 atom stereocenters. The lowest BCUT2D eigenvalue weighted by Gasteiger charge is -2.05. The first kappa shape index (κ1) is 12.5. The van der Waals surface area contributed by atoms with E-state index in [4.69, 9.17) is 11.6 Å². The number of unbranched alkanes of at least 4 members (excludes halogenated alkanes) is 1. The lowest BCUT2D eigenvalue weighted by molar-refractivity contribution is 0.129. The summed E-state index contributed by atoms with van der Waals surface area (Å²) in [4.78, 5) is 21.2. The zero-order chi connectivity index (χ0) is 12.0. The van der Waals surface area contributed by atoms with Crippen LogP contribution in [0.3, 0.4) is 0 Å². The number of ether oxygens (including phenoxy) is 1. The molecule has 0 N–H and O–H groups in total. The van der Waals surface area contributed by atoms with Gasteiger partial charge < -0.3 is 9.15 Å². The number of nitrogens with zero attached hydrogens (tertiary/aromatic N) is 1. The number of hydrogen-bond donors (Lipinski definition) is 0. The average molecular weight is 248 g/mol. The van der Waals surface area contributed by atoms with E-state index in [9.17, 15) is 9.59 Å². The van der Waals surface area contributed by atoms with Gasteiger partial charge in [0.1, 0.15) is 0 Å². The van der Waals surface area contributed by atoms with Crippen molar-refractivity contribution in [1.29, 1.82) is 0 Å². The highest BCUT2D eigenvalue weighted by molar-refractivity contribution is 6.61. The molecule has 0 aliphatic heterocycles. The number of carbonyl (C=O) groups excluding carboxylic acids is 1. The van der Waals surface area contributed by atoms with Crippen molar-refractivity contribution in [2.24, 2.45) is 0 Å². The minimum Gasteiger partial charge on any atom is -0.436 e. The lowest BCUT2D eigenvalue weighted by atomic mass is 10.2. The van der Waals surface area contributed by atoms with Crippen LogP contribution in [0.15, 0.2) is 25.9 Å². The number of aromatic nitrogens is 1. The third-order valence-electron chi connectivity index (χ3n) is 1.63. The van der Waals surface area contributed by atoms with E-state index in [1.165, 1.54) is 6.08 Å². The summed E-state index contributed by atoms with van der Waals surface area (Å²) in [6.45, 7) is 1.99. The highest BCUT2D eigenvalue weighted by Gasteiger charge is 2.19. The largest absolute Gasteiger partial charge is 0.542 e. The molecule has 7 heteroatoms. The average Bonchev–Trinajstić information content (AvgIpc) is 2.63. The number of halogens is 1. The van der Waals surface area contributed by atoms with Crippen molar-refractivity contribution in [1.82, 2.24) is 5.16 Å². The molecule has 1 rings (SSSR count). The zero-order valence-electron chi connectivity index (χ0n) is 8.51. The Bertz CT molecular complexity index is 422. The van der Waals surface area contributed by atoms with Gasteiger partial charge in [0.05, 0.1) is 0 Å². The van der Waals surface area contributed by atoms with Crippen LogP contribution in [0.5, 0.6) is 0 Å². The second-order valence-corrected chi connectivity index (χ2v) is 3.17. The Morgan fingerprint density at radius 3 is 2.94 bits per heavy atom. The molecule has 88 valence electrons. The van der Waals surface area contributed by atoms with E-state index in [1.807, 2.05) is 6.92 Å². The molecule has 6 nitrogen and oxygen atoms in total. The molecule has 1 heterocycles. The first-order valence-electron chi connectivity index (χ1n) is 4.63. The van der Waals surface area contributed by atoms with Gasteiger partial charge in [0.15, 0.2) is 0 Å². The smallest absolute Gasteiger partial charge is 0.436 e.